The molecule has 2 aromatic rings. The molecule has 3 N–H and O–H groups in total. The van der Waals surface area contributed by atoms with Gasteiger partial charge in [0, 0.05) is 18.7 Å². The number of hydrogen-bond donors (Lipinski definition) is 3. The van der Waals surface area contributed by atoms with Crippen LogP contribution in [-0.2, 0) is 0 Å². The highest BCUT2D eigenvalue weighted by Gasteiger charge is 2.02. The smallest absolute Gasteiger partial charge is 0.251 e. The molecule has 2 aromatic carbocycles. The maximum Gasteiger partial charge on any atom is 0.251 e. The number of phenolic OH excluding ortho intramolecular Hbond substituents is 1. The highest BCUT2D eigenvalue weighted by atomic mass is 16.5. The summed E-state index contributed by atoms with van der Waals surface area (Å²) in [6.07, 6.45) is 1.90. The zero-order valence-electron chi connectivity index (χ0n) is 13.7. The molecule has 0 aliphatic heterocycles. The fourth-order valence-electron chi connectivity index (χ4n) is 2.21. The molecule has 0 aliphatic rings. The summed E-state index contributed by atoms with van der Waals surface area (Å²) in [6, 6.07) is 16.2. The Morgan fingerprint density at radius 3 is 2.42 bits per heavy atom. The maximum absolute atomic E-state index is 11.8. The van der Waals surface area contributed by atoms with Crippen LogP contribution < -0.4 is 15.4 Å². The molecule has 0 bridgehead atoms. The Bertz CT molecular complexity index is 617. The van der Waals surface area contributed by atoms with Crippen LogP contribution in [0.25, 0.3) is 0 Å². The lowest BCUT2D eigenvalue weighted by atomic mass is 10.2. The first-order valence-corrected chi connectivity index (χ1v) is 8.22. The predicted octanol–water partition coefficient (Wildman–Crippen LogP) is 2.57. The number of unbranched alkanes of at least 4 members (excludes halogenated alkanes) is 1. The Morgan fingerprint density at radius 2 is 1.62 bits per heavy atom. The third-order valence-electron chi connectivity index (χ3n) is 3.50. The molecule has 128 valence electrons. The minimum Gasteiger partial charge on any atom is -0.504 e. The first kappa shape index (κ1) is 17.8. The number of carbonyl (C=O) groups is 1. The Morgan fingerprint density at radius 1 is 0.917 bits per heavy atom. The van der Waals surface area contributed by atoms with Gasteiger partial charge in [-0.25, -0.2) is 0 Å². The highest BCUT2D eigenvalue weighted by molar-refractivity contribution is 5.94. The molecule has 0 saturated heterocycles. The topological polar surface area (TPSA) is 70.6 Å². The molecular formula is C19H24N2O3. The third-order valence-corrected chi connectivity index (χ3v) is 3.50. The van der Waals surface area contributed by atoms with Gasteiger partial charge in [0.2, 0.25) is 0 Å². The second-order valence-electron chi connectivity index (χ2n) is 5.40. The van der Waals surface area contributed by atoms with E-state index in [0.29, 0.717) is 31.0 Å². The number of ether oxygens (including phenoxy) is 1. The fourth-order valence-corrected chi connectivity index (χ4v) is 2.21. The summed E-state index contributed by atoms with van der Waals surface area (Å²) in [4.78, 5) is 11.8. The quantitative estimate of drug-likeness (QED) is 0.586. The van der Waals surface area contributed by atoms with Gasteiger partial charge in [0.15, 0.2) is 11.5 Å². The van der Waals surface area contributed by atoms with E-state index in [1.54, 1.807) is 30.3 Å². The molecule has 0 unspecified atom stereocenters. The van der Waals surface area contributed by atoms with Crippen molar-refractivity contribution in [3.63, 3.8) is 0 Å². The number of amides is 1. The number of para-hydroxylation sites is 2. The number of rotatable bonds is 10. The van der Waals surface area contributed by atoms with Crippen LogP contribution in [-0.4, -0.2) is 37.3 Å². The number of phenols is 1. The van der Waals surface area contributed by atoms with Gasteiger partial charge in [0.25, 0.3) is 5.91 Å². The third kappa shape index (κ3) is 6.30. The molecule has 0 aromatic heterocycles. The summed E-state index contributed by atoms with van der Waals surface area (Å²) in [6.45, 7) is 2.75. The molecule has 0 heterocycles. The molecule has 0 spiro atoms. The van der Waals surface area contributed by atoms with Crippen molar-refractivity contribution in [2.24, 2.45) is 0 Å². The number of hydrogen-bond acceptors (Lipinski definition) is 4. The average molecular weight is 328 g/mol. The van der Waals surface area contributed by atoms with Gasteiger partial charge in [-0.3, -0.25) is 4.79 Å². The Balaban J connectivity index is 1.46. The zero-order chi connectivity index (χ0) is 17.0. The average Bonchev–Trinajstić information content (AvgIpc) is 2.62. The molecule has 0 radical (unpaired) electrons. The second kappa shape index (κ2) is 10.3. The minimum absolute atomic E-state index is 0.0281. The van der Waals surface area contributed by atoms with Crippen LogP contribution in [0.3, 0.4) is 0 Å². The number of aromatic hydroxyl groups is 1. The number of carbonyl (C=O) groups excluding carboxylic acids is 1. The molecule has 5 heteroatoms. The van der Waals surface area contributed by atoms with E-state index in [4.69, 9.17) is 4.74 Å². The Hall–Kier alpha value is -2.53. The van der Waals surface area contributed by atoms with Gasteiger partial charge < -0.3 is 20.5 Å². The van der Waals surface area contributed by atoms with E-state index in [0.717, 1.165) is 19.4 Å². The van der Waals surface area contributed by atoms with Crippen molar-refractivity contribution in [3.8, 4) is 11.5 Å². The van der Waals surface area contributed by atoms with Crippen LogP contribution in [0.4, 0.5) is 0 Å². The van der Waals surface area contributed by atoms with Crippen molar-refractivity contribution in [3.05, 3.63) is 60.2 Å². The molecule has 0 fully saturated rings. The van der Waals surface area contributed by atoms with E-state index >= 15 is 0 Å². The van der Waals surface area contributed by atoms with Crippen LogP contribution >= 0.6 is 0 Å². The molecule has 24 heavy (non-hydrogen) atoms. The Kier molecular flexibility index (Phi) is 7.63. The van der Waals surface area contributed by atoms with Gasteiger partial charge in [0.1, 0.15) is 6.61 Å². The summed E-state index contributed by atoms with van der Waals surface area (Å²) in [5, 5.41) is 15.7. The fraction of sp³-hybridized carbons (Fsp3) is 0.316. The van der Waals surface area contributed by atoms with E-state index in [2.05, 4.69) is 10.6 Å². The lowest BCUT2D eigenvalue weighted by Gasteiger charge is -2.09. The maximum atomic E-state index is 11.8. The Labute approximate surface area is 142 Å². The monoisotopic (exact) mass is 328 g/mol. The predicted molar refractivity (Wildman–Crippen MR) is 94.5 cm³/mol. The van der Waals surface area contributed by atoms with Crippen molar-refractivity contribution < 1.29 is 14.6 Å². The van der Waals surface area contributed by atoms with Gasteiger partial charge in [-0.15, -0.1) is 0 Å². The summed E-state index contributed by atoms with van der Waals surface area (Å²) in [5.74, 6) is 0.634. The SMILES string of the molecule is O=C(NCCCCNCCOc1ccccc1O)c1ccccc1. The lowest BCUT2D eigenvalue weighted by Crippen LogP contribution is -2.26. The molecule has 2 rings (SSSR count). The van der Waals surface area contributed by atoms with Crippen LogP contribution in [0.1, 0.15) is 23.2 Å². The molecule has 0 atom stereocenters. The minimum atomic E-state index is -0.0281. The number of nitrogens with one attached hydrogen (secondary N) is 2. The summed E-state index contributed by atoms with van der Waals surface area (Å²) >= 11 is 0. The zero-order valence-corrected chi connectivity index (χ0v) is 13.7. The van der Waals surface area contributed by atoms with Crippen molar-refractivity contribution in [2.75, 3.05) is 26.2 Å². The van der Waals surface area contributed by atoms with Crippen LogP contribution in [0.5, 0.6) is 11.5 Å². The van der Waals surface area contributed by atoms with Crippen molar-refractivity contribution in [1.82, 2.24) is 10.6 Å². The second-order valence-corrected chi connectivity index (χ2v) is 5.40. The molecule has 0 saturated carbocycles. The van der Waals surface area contributed by atoms with Crippen LogP contribution in [0.2, 0.25) is 0 Å². The van der Waals surface area contributed by atoms with Crippen molar-refractivity contribution >= 4 is 5.91 Å². The van der Waals surface area contributed by atoms with E-state index in [1.807, 2.05) is 24.3 Å². The van der Waals surface area contributed by atoms with Crippen LogP contribution in [0.15, 0.2) is 54.6 Å². The molecule has 5 nitrogen and oxygen atoms in total. The van der Waals surface area contributed by atoms with E-state index in [-0.39, 0.29) is 11.7 Å². The molecule has 1 amide bonds. The van der Waals surface area contributed by atoms with Gasteiger partial charge in [-0.1, -0.05) is 30.3 Å². The van der Waals surface area contributed by atoms with Gasteiger partial charge in [-0.05, 0) is 43.7 Å². The first-order chi connectivity index (χ1) is 11.8. The first-order valence-electron chi connectivity index (χ1n) is 8.22. The van der Waals surface area contributed by atoms with Gasteiger partial charge in [0.05, 0.1) is 0 Å². The van der Waals surface area contributed by atoms with E-state index < -0.39 is 0 Å². The van der Waals surface area contributed by atoms with Gasteiger partial charge >= 0.3 is 0 Å². The summed E-state index contributed by atoms with van der Waals surface area (Å²) in [7, 11) is 0. The lowest BCUT2D eigenvalue weighted by molar-refractivity contribution is 0.0953. The highest BCUT2D eigenvalue weighted by Crippen LogP contribution is 2.23. The van der Waals surface area contributed by atoms with Crippen LogP contribution in [0, 0.1) is 0 Å². The summed E-state index contributed by atoms with van der Waals surface area (Å²) in [5.41, 5.74) is 0.692. The van der Waals surface area contributed by atoms with Gasteiger partial charge in [-0.2, -0.15) is 0 Å². The van der Waals surface area contributed by atoms with Crippen molar-refractivity contribution in [1.29, 1.82) is 0 Å². The largest absolute Gasteiger partial charge is 0.504 e. The van der Waals surface area contributed by atoms with Crippen molar-refractivity contribution in [2.45, 2.75) is 12.8 Å². The standard InChI is InChI=1S/C19H24N2O3/c22-17-10-4-5-11-18(17)24-15-14-20-12-6-7-13-21-19(23)16-8-2-1-3-9-16/h1-5,8-11,20,22H,6-7,12-15H2,(H,21,23). The molecular weight excluding hydrogens is 304 g/mol. The molecule has 0 aliphatic carbocycles. The summed E-state index contributed by atoms with van der Waals surface area (Å²) < 4.78 is 5.48. The number of benzene rings is 2. The van der Waals surface area contributed by atoms with E-state index in [9.17, 15) is 9.90 Å². The van der Waals surface area contributed by atoms with E-state index in [1.165, 1.54) is 0 Å². The normalized spacial score (nSPS) is 10.3.